The van der Waals surface area contributed by atoms with Gasteiger partial charge in [0.1, 0.15) is 0 Å². The second-order valence-electron chi connectivity index (χ2n) is 7.26. The van der Waals surface area contributed by atoms with Crippen LogP contribution in [0.3, 0.4) is 0 Å². The van der Waals surface area contributed by atoms with E-state index >= 15 is 0 Å². The van der Waals surface area contributed by atoms with Gasteiger partial charge < -0.3 is 23.8 Å². The normalized spacial score (nSPS) is 26.9. The molecule has 0 N–H and O–H groups in total. The zero-order valence-electron chi connectivity index (χ0n) is 15.8. The molecule has 25 heavy (non-hydrogen) atoms. The average molecular weight is 349 g/mol. The Morgan fingerprint density at radius 1 is 1.20 bits per heavy atom. The van der Waals surface area contributed by atoms with Crippen molar-refractivity contribution >= 4 is 0 Å². The van der Waals surface area contributed by atoms with E-state index in [1.54, 1.807) is 14.2 Å². The zero-order valence-corrected chi connectivity index (χ0v) is 15.8. The van der Waals surface area contributed by atoms with Crippen LogP contribution < -0.4 is 9.47 Å². The van der Waals surface area contributed by atoms with Gasteiger partial charge in [0.05, 0.1) is 26.9 Å². The molecule has 2 fully saturated rings. The number of hydrogen-bond donors (Lipinski definition) is 0. The molecule has 0 aliphatic carbocycles. The fourth-order valence-corrected chi connectivity index (χ4v) is 4.39. The molecule has 2 atom stereocenters. The van der Waals surface area contributed by atoms with Crippen molar-refractivity contribution in [3.8, 4) is 11.5 Å². The van der Waals surface area contributed by atoms with Crippen molar-refractivity contribution in [1.29, 1.82) is 0 Å². The highest BCUT2D eigenvalue weighted by atomic mass is 16.5. The number of likely N-dealkylation sites (tertiary alicyclic amines) is 1. The van der Waals surface area contributed by atoms with E-state index in [4.69, 9.17) is 18.9 Å². The largest absolute Gasteiger partial charge is 0.493 e. The zero-order chi connectivity index (χ0) is 17.7. The summed E-state index contributed by atoms with van der Waals surface area (Å²) in [6.07, 6.45) is 4.82. The summed E-state index contributed by atoms with van der Waals surface area (Å²) in [7, 11) is 5.16. The van der Waals surface area contributed by atoms with Gasteiger partial charge in [-0.1, -0.05) is 6.07 Å². The van der Waals surface area contributed by atoms with E-state index in [0.717, 1.165) is 63.6 Å². The Hall–Kier alpha value is -1.30. The Balaban J connectivity index is 1.62. The summed E-state index contributed by atoms with van der Waals surface area (Å²) in [5.41, 5.74) is 1.45. The molecular weight excluding hydrogens is 318 g/mol. The third-order valence-corrected chi connectivity index (χ3v) is 5.66. The van der Waals surface area contributed by atoms with Gasteiger partial charge in [-0.15, -0.1) is 0 Å². The minimum absolute atomic E-state index is 0.169. The van der Waals surface area contributed by atoms with Crippen LogP contribution in [0.1, 0.15) is 24.8 Å². The molecule has 0 radical (unpaired) electrons. The van der Waals surface area contributed by atoms with Gasteiger partial charge in [0.15, 0.2) is 11.5 Å². The molecule has 0 amide bonds. The third kappa shape index (κ3) is 4.10. The van der Waals surface area contributed by atoms with Gasteiger partial charge in [-0.2, -0.15) is 0 Å². The number of piperidine rings is 1. The Kier molecular flexibility index (Phi) is 6.20. The summed E-state index contributed by atoms with van der Waals surface area (Å²) in [5.74, 6) is 1.58. The lowest BCUT2D eigenvalue weighted by Crippen LogP contribution is -2.57. The number of methoxy groups -OCH3 is 3. The summed E-state index contributed by atoms with van der Waals surface area (Å²) < 4.78 is 22.4. The van der Waals surface area contributed by atoms with Crippen molar-refractivity contribution in [1.82, 2.24) is 4.90 Å². The topological polar surface area (TPSA) is 40.2 Å². The van der Waals surface area contributed by atoms with Gasteiger partial charge in [-0.25, -0.2) is 0 Å². The lowest BCUT2D eigenvalue weighted by molar-refractivity contribution is -0.148. The lowest BCUT2D eigenvalue weighted by atomic mass is 9.73. The van der Waals surface area contributed by atoms with E-state index in [9.17, 15) is 0 Å². The Morgan fingerprint density at radius 3 is 2.80 bits per heavy atom. The number of hydrogen-bond acceptors (Lipinski definition) is 5. The van der Waals surface area contributed by atoms with Gasteiger partial charge in [-0.3, -0.25) is 0 Å². The van der Waals surface area contributed by atoms with Gasteiger partial charge in [0, 0.05) is 38.8 Å². The smallest absolute Gasteiger partial charge is 0.160 e. The molecule has 0 spiro atoms. The summed E-state index contributed by atoms with van der Waals surface area (Å²) >= 11 is 0. The summed E-state index contributed by atoms with van der Waals surface area (Å²) in [6.45, 7) is 4.92. The van der Waals surface area contributed by atoms with E-state index < -0.39 is 0 Å². The monoisotopic (exact) mass is 349 g/mol. The maximum atomic E-state index is 6.07. The molecule has 0 saturated carbocycles. The fraction of sp³-hybridized carbons (Fsp3) is 0.700. The molecule has 140 valence electrons. The highest BCUT2D eigenvalue weighted by Crippen LogP contribution is 2.40. The van der Waals surface area contributed by atoms with E-state index in [1.807, 2.05) is 13.2 Å². The van der Waals surface area contributed by atoms with E-state index in [-0.39, 0.29) is 5.41 Å². The summed E-state index contributed by atoms with van der Waals surface area (Å²) in [4.78, 5) is 2.57. The Labute approximate surface area is 151 Å². The van der Waals surface area contributed by atoms with Crippen LogP contribution in [-0.2, 0) is 15.9 Å². The van der Waals surface area contributed by atoms with Crippen molar-refractivity contribution < 1.29 is 18.9 Å². The number of ether oxygens (including phenoxy) is 4. The van der Waals surface area contributed by atoms with Crippen LogP contribution in [-0.4, -0.2) is 65.2 Å². The highest BCUT2D eigenvalue weighted by molar-refractivity contribution is 5.42. The first-order valence-corrected chi connectivity index (χ1v) is 9.24. The molecule has 2 aliphatic heterocycles. The maximum absolute atomic E-state index is 6.07. The highest BCUT2D eigenvalue weighted by Gasteiger charge is 2.45. The molecule has 2 aliphatic rings. The predicted octanol–water partition coefficient (Wildman–Crippen LogP) is 2.76. The first-order chi connectivity index (χ1) is 12.2. The first-order valence-electron chi connectivity index (χ1n) is 9.24. The number of nitrogens with zero attached hydrogens (tertiary/aromatic N) is 1. The quantitative estimate of drug-likeness (QED) is 0.757. The molecule has 3 rings (SSSR count). The Bertz CT molecular complexity index is 561. The SMILES string of the molecule is COCC12CCCOC1CCN(CCc1ccc(OC)c(OC)c1)C2. The van der Waals surface area contributed by atoms with Crippen molar-refractivity contribution in [2.75, 3.05) is 54.2 Å². The van der Waals surface area contributed by atoms with Crippen molar-refractivity contribution in [3.05, 3.63) is 23.8 Å². The number of rotatable bonds is 7. The number of fused-ring (bicyclic) bond motifs is 1. The van der Waals surface area contributed by atoms with Crippen LogP contribution in [0.2, 0.25) is 0 Å². The van der Waals surface area contributed by atoms with Crippen LogP contribution in [0.25, 0.3) is 0 Å². The van der Waals surface area contributed by atoms with Gasteiger partial charge in [0.2, 0.25) is 0 Å². The molecule has 2 unspecified atom stereocenters. The third-order valence-electron chi connectivity index (χ3n) is 5.66. The van der Waals surface area contributed by atoms with Crippen LogP contribution in [0.15, 0.2) is 18.2 Å². The van der Waals surface area contributed by atoms with Gasteiger partial charge in [0.25, 0.3) is 0 Å². The number of benzene rings is 1. The molecule has 5 heteroatoms. The lowest BCUT2D eigenvalue weighted by Gasteiger charge is -2.50. The van der Waals surface area contributed by atoms with Crippen LogP contribution >= 0.6 is 0 Å². The van der Waals surface area contributed by atoms with Crippen LogP contribution in [0, 0.1) is 5.41 Å². The van der Waals surface area contributed by atoms with E-state index in [1.165, 1.54) is 12.0 Å². The average Bonchev–Trinajstić information content (AvgIpc) is 2.65. The molecule has 0 bridgehead atoms. The standard InChI is InChI=1S/C20H31NO4/c1-22-15-20-9-4-12-25-19(20)8-11-21(14-20)10-7-16-5-6-17(23-2)18(13-16)24-3/h5-6,13,19H,4,7-12,14-15H2,1-3H3. The van der Waals surface area contributed by atoms with Gasteiger partial charge in [-0.05, 0) is 43.4 Å². The predicted molar refractivity (Wildman–Crippen MR) is 97.6 cm³/mol. The molecule has 0 aromatic heterocycles. The minimum atomic E-state index is 0.169. The second kappa shape index (κ2) is 8.39. The molecular formula is C20H31NO4. The van der Waals surface area contributed by atoms with Gasteiger partial charge >= 0.3 is 0 Å². The van der Waals surface area contributed by atoms with Crippen molar-refractivity contribution in [2.45, 2.75) is 31.8 Å². The fourth-order valence-electron chi connectivity index (χ4n) is 4.39. The summed E-state index contributed by atoms with van der Waals surface area (Å²) in [6, 6.07) is 6.20. The van der Waals surface area contributed by atoms with Crippen LogP contribution in [0.4, 0.5) is 0 Å². The molecule has 1 aromatic rings. The van der Waals surface area contributed by atoms with E-state index in [2.05, 4.69) is 17.0 Å². The molecule has 2 saturated heterocycles. The second-order valence-corrected chi connectivity index (χ2v) is 7.26. The van der Waals surface area contributed by atoms with Crippen molar-refractivity contribution in [2.24, 2.45) is 5.41 Å². The Morgan fingerprint density at radius 2 is 2.04 bits per heavy atom. The minimum Gasteiger partial charge on any atom is -0.493 e. The maximum Gasteiger partial charge on any atom is 0.160 e. The molecule has 1 aromatic carbocycles. The summed E-state index contributed by atoms with van der Waals surface area (Å²) in [5, 5.41) is 0. The van der Waals surface area contributed by atoms with Crippen LogP contribution in [0.5, 0.6) is 11.5 Å². The molecule has 2 heterocycles. The molecule has 5 nitrogen and oxygen atoms in total. The first kappa shape index (κ1) is 18.5. The van der Waals surface area contributed by atoms with Crippen molar-refractivity contribution in [3.63, 3.8) is 0 Å². The van der Waals surface area contributed by atoms with E-state index in [0.29, 0.717) is 6.10 Å².